The number of rotatable bonds is 1. The molecular weight excluding hydrogens is 292 g/mol. The second-order valence-corrected chi connectivity index (χ2v) is 6.16. The highest BCUT2D eigenvalue weighted by Crippen LogP contribution is 2.36. The summed E-state index contributed by atoms with van der Waals surface area (Å²) in [6, 6.07) is 2.56. The van der Waals surface area contributed by atoms with Crippen LogP contribution < -0.4 is 5.32 Å². The number of aromatic nitrogens is 1. The molecule has 0 radical (unpaired) electrons. The fraction of sp³-hybridized carbons (Fsp3) is 0.300. The Balaban J connectivity index is 2.07. The number of nitrogens with zero attached hydrogens (tertiary/aromatic N) is 1. The smallest absolute Gasteiger partial charge is 0.0709 e. The van der Waals surface area contributed by atoms with E-state index in [1.807, 2.05) is 17.5 Å². The molecule has 0 aromatic carbocycles. The third-order valence-electron chi connectivity index (χ3n) is 2.61. The predicted molar refractivity (Wildman–Crippen MR) is 67.7 cm³/mol. The Labute approximate surface area is 105 Å². The van der Waals surface area contributed by atoms with Gasteiger partial charge in [0.2, 0.25) is 0 Å². The highest BCUT2D eigenvalue weighted by molar-refractivity contribution is 9.10. The van der Waals surface area contributed by atoms with Gasteiger partial charge in [0, 0.05) is 11.4 Å². The van der Waals surface area contributed by atoms with Crippen molar-refractivity contribution in [3.05, 3.63) is 37.4 Å². The first-order valence-corrected chi connectivity index (χ1v) is 7.20. The largest absolute Gasteiger partial charge is 0.305 e. The summed E-state index contributed by atoms with van der Waals surface area (Å²) in [5.74, 6) is 0. The summed E-state index contributed by atoms with van der Waals surface area (Å²) in [5.41, 5.74) is 1.43. The Kier molecular flexibility index (Phi) is 2.64. The van der Waals surface area contributed by atoms with Crippen LogP contribution in [-0.4, -0.2) is 10.9 Å². The molecule has 1 N–H and O–H groups in total. The molecule has 0 bridgehead atoms. The number of thiophene rings is 1. The molecule has 0 aliphatic carbocycles. The number of fused-ring (bicyclic) bond motifs is 1. The van der Waals surface area contributed by atoms with Gasteiger partial charge in [-0.2, -0.15) is 4.37 Å². The van der Waals surface area contributed by atoms with E-state index in [2.05, 4.69) is 37.1 Å². The standard InChI is InChI=1S/C10H9BrN2S2/c11-7-5-13-15-10(7)9-6-2-4-14-8(6)1-3-12-9/h2,4-5,9,12H,1,3H2. The molecule has 78 valence electrons. The molecule has 1 atom stereocenters. The molecule has 0 saturated heterocycles. The zero-order valence-corrected chi connectivity index (χ0v) is 11.1. The van der Waals surface area contributed by atoms with Crippen molar-refractivity contribution in [3.63, 3.8) is 0 Å². The monoisotopic (exact) mass is 300 g/mol. The highest BCUT2D eigenvalue weighted by atomic mass is 79.9. The number of hydrogen-bond donors (Lipinski definition) is 1. The Morgan fingerprint density at radius 2 is 2.47 bits per heavy atom. The van der Waals surface area contributed by atoms with Gasteiger partial charge < -0.3 is 5.32 Å². The van der Waals surface area contributed by atoms with E-state index < -0.39 is 0 Å². The summed E-state index contributed by atoms with van der Waals surface area (Å²) in [6.07, 6.45) is 3.03. The number of nitrogens with one attached hydrogen (secondary N) is 1. The SMILES string of the molecule is Brc1cnsc1C1NCCc2sccc21. The molecule has 1 aliphatic heterocycles. The average Bonchev–Trinajstić information content (AvgIpc) is 2.85. The molecule has 3 rings (SSSR count). The van der Waals surface area contributed by atoms with E-state index in [-0.39, 0.29) is 0 Å². The summed E-state index contributed by atoms with van der Waals surface area (Å²) in [7, 11) is 0. The first-order chi connectivity index (χ1) is 7.36. The Hall–Kier alpha value is -0.230. The molecule has 0 spiro atoms. The van der Waals surface area contributed by atoms with Crippen molar-refractivity contribution in [2.24, 2.45) is 0 Å². The first kappa shape index (κ1) is 9.96. The van der Waals surface area contributed by atoms with Crippen molar-refractivity contribution in [3.8, 4) is 0 Å². The normalized spacial score (nSPS) is 20.2. The van der Waals surface area contributed by atoms with E-state index in [4.69, 9.17) is 0 Å². The van der Waals surface area contributed by atoms with Crippen LogP contribution in [-0.2, 0) is 6.42 Å². The lowest BCUT2D eigenvalue weighted by Gasteiger charge is -2.23. The van der Waals surface area contributed by atoms with E-state index >= 15 is 0 Å². The van der Waals surface area contributed by atoms with E-state index in [1.165, 1.54) is 15.3 Å². The van der Waals surface area contributed by atoms with Gasteiger partial charge in [-0.15, -0.1) is 11.3 Å². The maximum atomic E-state index is 4.21. The highest BCUT2D eigenvalue weighted by Gasteiger charge is 2.25. The lowest BCUT2D eigenvalue weighted by Crippen LogP contribution is -2.28. The van der Waals surface area contributed by atoms with Gasteiger partial charge in [-0.3, -0.25) is 0 Å². The molecule has 1 aliphatic rings. The molecule has 2 nitrogen and oxygen atoms in total. The summed E-state index contributed by atoms with van der Waals surface area (Å²) >= 11 is 6.98. The molecule has 3 heterocycles. The van der Waals surface area contributed by atoms with Crippen LogP contribution in [0.5, 0.6) is 0 Å². The topological polar surface area (TPSA) is 24.9 Å². The van der Waals surface area contributed by atoms with E-state index in [9.17, 15) is 0 Å². The first-order valence-electron chi connectivity index (χ1n) is 4.76. The Bertz CT molecular complexity index is 477. The van der Waals surface area contributed by atoms with E-state index in [0.717, 1.165) is 17.4 Å². The second kappa shape index (κ2) is 3.97. The Morgan fingerprint density at radius 1 is 1.53 bits per heavy atom. The maximum Gasteiger partial charge on any atom is 0.0709 e. The fourth-order valence-corrected chi connectivity index (χ4v) is 4.24. The molecule has 15 heavy (non-hydrogen) atoms. The van der Waals surface area contributed by atoms with Crippen LogP contribution in [0.2, 0.25) is 0 Å². The third kappa shape index (κ3) is 1.67. The minimum Gasteiger partial charge on any atom is -0.305 e. The number of hydrogen-bond acceptors (Lipinski definition) is 4. The predicted octanol–water partition coefficient (Wildman–Crippen LogP) is 3.20. The molecule has 0 fully saturated rings. The van der Waals surface area contributed by atoms with Gasteiger partial charge in [0.15, 0.2) is 0 Å². The molecule has 0 amide bonds. The molecule has 1 unspecified atom stereocenters. The third-order valence-corrected chi connectivity index (χ3v) is 5.36. The van der Waals surface area contributed by atoms with Gasteiger partial charge in [0.05, 0.1) is 21.6 Å². The molecule has 5 heteroatoms. The summed E-state index contributed by atoms with van der Waals surface area (Å²) in [6.45, 7) is 1.06. The van der Waals surface area contributed by atoms with Crippen LogP contribution in [0, 0.1) is 0 Å². The van der Waals surface area contributed by atoms with E-state index in [0.29, 0.717) is 6.04 Å². The zero-order valence-electron chi connectivity index (χ0n) is 7.87. The molecular formula is C10H9BrN2S2. The minimum atomic E-state index is 0.335. The van der Waals surface area contributed by atoms with Gasteiger partial charge in [-0.25, -0.2) is 0 Å². The summed E-state index contributed by atoms with van der Waals surface area (Å²) in [4.78, 5) is 2.80. The van der Waals surface area contributed by atoms with Crippen LogP contribution in [0.4, 0.5) is 0 Å². The summed E-state index contributed by atoms with van der Waals surface area (Å²) < 4.78 is 5.33. The van der Waals surface area contributed by atoms with Crippen LogP contribution in [0.15, 0.2) is 22.1 Å². The molecule has 2 aromatic rings. The minimum absolute atomic E-state index is 0.335. The average molecular weight is 301 g/mol. The van der Waals surface area contributed by atoms with Gasteiger partial charge in [-0.05, 0) is 50.9 Å². The maximum absolute atomic E-state index is 4.21. The van der Waals surface area contributed by atoms with Gasteiger partial charge in [0.25, 0.3) is 0 Å². The zero-order chi connectivity index (χ0) is 10.3. The van der Waals surface area contributed by atoms with Gasteiger partial charge >= 0.3 is 0 Å². The lowest BCUT2D eigenvalue weighted by atomic mass is 10.0. The molecule has 0 saturated carbocycles. The van der Waals surface area contributed by atoms with Crippen LogP contribution in [0.25, 0.3) is 0 Å². The quantitative estimate of drug-likeness (QED) is 0.875. The van der Waals surface area contributed by atoms with Crippen LogP contribution >= 0.6 is 38.8 Å². The van der Waals surface area contributed by atoms with Crippen LogP contribution in [0.3, 0.4) is 0 Å². The van der Waals surface area contributed by atoms with Crippen molar-refractivity contribution in [1.29, 1.82) is 0 Å². The van der Waals surface area contributed by atoms with Crippen molar-refractivity contribution < 1.29 is 0 Å². The second-order valence-electron chi connectivity index (χ2n) is 3.47. The van der Waals surface area contributed by atoms with Gasteiger partial charge in [-0.1, -0.05) is 0 Å². The van der Waals surface area contributed by atoms with Crippen molar-refractivity contribution in [2.75, 3.05) is 6.54 Å². The van der Waals surface area contributed by atoms with Crippen molar-refractivity contribution in [2.45, 2.75) is 12.5 Å². The van der Waals surface area contributed by atoms with Gasteiger partial charge in [0.1, 0.15) is 0 Å². The van der Waals surface area contributed by atoms with Crippen LogP contribution in [0.1, 0.15) is 21.4 Å². The van der Waals surface area contributed by atoms with Crippen molar-refractivity contribution >= 4 is 38.8 Å². The molecule has 2 aromatic heterocycles. The Morgan fingerprint density at radius 3 is 3.27 bits per heavy atom. The summed E-state index contributed by atoms with van der Waals surface area (Å²) in [5, 5.41) is 5.73. The fourth-order valence-electron chi connectivity index (χ4n) is 1.91. The lowest BCUT2D eigenvalue weighted by molar-refractivity contribution is 0.580. The van der Waals surface area contributed by atoms with Crippen molar-refractivity contribution in [1.82, 2.24) is 9.69 Å². The number of halogens is 1. The van der Waals surface area contributed by atoms with E-state index in [1.54, 1.807) is 11.5 Å².